The minimum absolute atomic E-state index is 0.0201. The number of aromatic nitrogens is 1. The van der Waals surface area contributed by atoms with E-state index in [1.807, 2.05) is 17.0 Å². The molecule has 0 spiro atoms. The lowest BCUT2D eigenvalue weighted by molar-refractivity contribution is 0.0766. The van der Waals surface area contributed by atoms with Crippen LogP contribution in [0.2, 0.25) is 0 Å². The van der Waals surface area contributed by atoms with Gasteiger partial charge in [0.25, 0.3) is 5.91 Å². The van der Waals surface area contributed by atoms with E-state index in [1.165, 1.54) is 0 Å². The van der Waals surface area contributed by atoms with Gasteiger partial charge < -0.3 is 19.3 Å². The number of hydrogen-bond donors (Lipinski definition) is 0. The first-order valence-corrected chi connectivity index (χ1v) is 8.39. The van der Waals surface area contributed by atoms with Crippen LogP contribution in [0.25, 0.3) is 0 Å². The van der Waals surface area contributed by atoms with Crippen LogP contribution >= 0.6 is 0 Å². The lowest BCUT2D eigenvalue weighted by Crippen LogP contribution is -2.35. The van der Waals surface area contributed by atoms with Crippen LogP contribution in [0.4, 0.5) is 5.69 Å². The molecule has 6 nitrogen and oxygen atoms in total. The van der Waals surface area contributed by atoms with Gasteiger partial charge in [-0.25, -0.2) is 4.98 Å². The van der Waals surface area contributed by atoms with Crippen LogP contribution in [0, 0.1) is 0 Å². The SMILES string of the molecule is COc1ccc(N2CCCN(C(=O)c3ccc(OC)nc3)CC2)cc1. The standard InChI is InChI=1S/C19H23N3O3/c1-24-17-7-5-16(6-8-17)21-10-3-11-22(13-12-21)19(23)15-4-9-18(25-2)20-14-15/h4-9,14H,3,10-13H2,1-2H3. The molecule has 0 bridgehead atoms. The molecule has 1 aromatic carbocycles. The topological polar surface area (TPSA) is 54.9 Å². The van der Waals surface area contributed by atoms with Crippen molar-refractivity contribution in [3.8, 4) is 11.6 Å². The third-order valence-electron chi connectivity index (χ3n) is 4.41. The smallest absolute Gasteiger partial charge is 0.255 e. The first kappa shape index (κ1) is 17.1. The number of hydrogen-bond acceptors (Lipinski definition) is 5. The zero-order valence-corrected chi connectivity index (χ0v) is 14.6. The second kappa shape index (κ2) is 7.88. The number of methoxy groups -OCH3 is 2. The van der Waals surface area contributed by atoms with E-state index in [9.17, 15) is 4.79 Å². The third-order valence-corrected chi connectivity index (χ3v) is 4.41. The Hall–Kier alpha value is -2.76. The predicted octanol–water partition coefficient (Wildman–Crippen LogP) is 2.45. The van der Waals surface area contributed by atoms with Crippen molar-refractivity contribution in [3.05, 3.63) is 48.2 Å². The molecule has 6 heteroatoms. The Balaban J connectivity index is 1.64. The molecule has 1 saturated heterocycles. The molecule has 3 rings (SSSR count). The maximum absolute atomic E-state index is 12.7. The minimum Gasteiger partial charge on any atom is -0.497 e. The molecule has 1 aliphatic rings. The van der Waals surface area contributed by atoms with Crippen LogP contribution < -0.4 is 14.4 Å². The van der Waals surface area contributed by atoms with Crippen molar-refractivity contribution in [2.24, 2.45) is 0 Å². The van der Waals surface area contributed by atoms with Crippen molar-refractivity contribution >= 4 is 11.6 Å². The van der Waals surface area contributed by atoms with Crippen molar-refractivity contribution in [1.82, 2.24) is 9.88 Å². The molecule has 132 valence electrons. The van der Waals surface area contributed by atoms with Crippen LogP contribution in [-0.4, -0.2) is 56.2 Å². The Bertz CT molecular complexity index is 701. The second-order valence-electron chi connectivity index (χ2n) is 5.92. The van der Waals surface area contributed by atoms with Crippen molar-refractivity contribution in [1.29, 1.82) is 0 Å². The highest BCUT2D eigenvalue weighted by Gasteiger charge is 2.20. The van der Waals surface area contributed by atoms with Gasteiger partial charge in [-0.05, 0) is 36.8 Å². The van der Waals surface area contributed by atoms with Crippen LogP contribution in [0.5, 0.6) is 11.6 Å². The van der Waals surface area contributed by atoms with E-state index >= 15 is 0 Å². The van der Waals surface area contributed by atoms with Crippen LogP contribution in [-0.2, 0) is 0 Å². The highest BCUT2D eigenvalue weighted by molar-refractivity contribution is 5.94. The fraction of sp³-hybridized carbons (Fsp3) is 0.368. The molecule has 1 amide bonds. The molecule has 0 unspecified atom stereocenters. The second-order valence-corrected chi connectivity index (χ2v) is 5.92. The number of benzene rings is 1. The monoisotopic (exact) mass is 341 g/mol. The van der Waals surface area contributed by atoms with E-state index in [4.69, 9.17) is 9.47 Å². The van der Waals surface area contributed by atoms with Gasteiger partial charge >= 0.3 is 0 Å². The molecule has 2 heterocycles. The molecule has 1 fully saturated rings. The average molecular weight is 341 g/mol. The molecular formula is C19H23N3O3. The van der Waals surface area contributed by atoms with Gasteiger partial charge in [0.05, 0.1) is 19.8 Å². The summed E-state index contributed by atoms with van der Waals surface area (Å²) in [7, 11) is 3.23. The lowest BCUT2D eigenvalue weighted by atomic mass is 10.2. The van der Waals surface area contributed by atoms with E-state index in [0.717, 1.165) is 37.5 Å². The summed E-state index contributed by atoms with van der Waals surface area (Å²) in [4.78, 5) is 21.0. The van der Waals surface area contributed by atoms with Gasteiger partial charge in [0, 0.05) is 44.1 Å². The molecule has 25 heavy (non-hydrogen) atoms. The van der Waals surface area contributed by atoms with E-state index in [1.54, 1.807) is 32.5 Å². The summed E-state index contributed by atoms with van der Waals surface area (Å²) in [5, 5.41) is 0. The summed E-state index contributed by atoms with van der Waals surface area (Å²) in [6, 6.07) is 11.5. The van der Waals surface area contributed by atoms with Crippen molar-refractivity contribution in [2.75, 3.05) is 45.3 Å². The number of nitrogens with zero attached hydrogens (tertiary/aromatic N) is 3. The van der Waals surface area contributed by atoms with E-state index in [2.05, 4.69) is 22.0 Å². The van der Waals surface area contributed by atoms with E-state index < -0.39 is 0 Å². The number of amides is 1. The van der Waals surface area contributed by atoms with Gasteiger partial charge in [-0.2, -0.15) is 0 Å². The predicted molar refractivity (Wildman–Crippen MR) is 96.5 cm³/mol. The summed E-state index contributed by atoms with van der Waals surface area (Å²) in [6.07, 6.45) is 2.51. The summed E-state index contributed by atoms with van der Waals surface area (Å²) < 4.78 is 10.3. The molecule has 1 aliphatic heterocycles. The molecule has 0 radical (unpaired) electrons. The maximum atomic E-state index is 12.7. The Kier molecular flexibility index (Phi) is 5.38. The highest BCUT2D eigenvalue weighted by Crippen LogP contribution is 2.21. The molecular weight excluding hydrogens is 318 g/mol. The molecule has 0 saturated carbocycles. The molecule has 0 N–H and O–H groups in total. The lowest BCUT2D eigenvalue weighted by Gasteiger charge is -2.24. The highest BCUT2D eigenvalue weighted by atomic mass is 16.5. The minimum atomic E-state index is 0.0201. The molecule has 1 aromatic heterocycles. The number of ether oxygens (including phenoxy) is 2. The third kappa shape index (κ3) is 4.02. The number of carbonyl (C=O) groups excluding carboxylic acids is 1. The summed E-state index contributed by atoms with van der Waals surface area (Å²) in [5.74, 6) is 1.38. The number of carbonyl (C=O) groups is 1. The average Bonchev–Trinajstić information content (AvgIpc) is 2.94. The van der Waals surface area contributed by atoms with Crippen LogP contribution in [0.1, 0.15) is 16.8 Å². The quantitative estimate of drug-likeness (QED) is 0.855. The number of pyridine rings is 1. The van der Waals surface area contributed by atoms with Gasteiger partial charge in [-0.15, -0.1) is 0 Å². The number of rotatable bonds is 4. The van der Waals surface area contributed by atoms with Crippen molar-refractivity contribution in [3.63, 3.8) is 0 Å². The summed E-state index contributed by atoms with van der Waals surface area (Å²) in [5.41, 5.74) is 1.75. The Labute approximate surface area is 148 Å². The van der Waals surface area contributed by atoms with Gasteiger partial charge in [0.1, 0.15) is 5.75 Å². The Morgan fingerprint density at radius 2 is 1.76 bits per heavy atom. The molecule has 0 atom stereocenters. The summed E-state index contributed by atoms with van der Waals surface area (Å²) >= 11 is 0. The molecule has 0 aliphatic carbocycles. The fourth-order valence-corrected chi connectivity index (χ4v) is 2.98. The van der Waals surface area contributed by atoms with E-state index in [0.29, 0.717) is 18.0 Å². The first-order chi connectivity index (χ1) is 12.2. The molecule has 2 aromatic rings. The Morgan fingerprint density at radius 3 is 2.40 bits per heavy atom. The normalized spacial score (nSPS) is 14.8. The number of anilines is 1. The van der Waals surface area contributed by atoms with E-state index in [-0.39, 0.29) is 5.91 Å². The van der Waals surface area contributed by atoms with Crippen molar-refractivity contribution < 1.29 is 14.3 Å². The Morgan fingerprint density at radius 1 is 0.960 bits per heavy atom. The maximum Gasteiger partial charge on any atom is 0.255 e. The van der Waals surface area contributed by atoms with Gasteiger partial charge in [0.2, 0.25) is 5.88 Å². The van der Waals surface area contributed by atoms with Crippen LogP contribution in [0.15, 0.2) is 42.6 Å². The fourth-order valence-electron chi connectivity index (χ4n) is 2.98. The van der Waals surface area contributed by atoms with Gasteiger partial charge in [-0.1, -0.05) is 0 Å². The zero-order chi connectivity index (χ0) is 17.6. The zero-order valence-electron chi connectivity index (χ0n) is 14.6. The van der Waals surface area contributed by atoms with Gasteiger partial charge in [0.15, 0.2) is 0 Å². The first-order valence-electron chi connectivity index (χ1n) is 8.39. The largest absolute Gasteiger partial charge is 0.497 e. The summed E-state index contributed by atoms with van der Waals surface area (Å²) in [6.45, 7) is 3.17. The van der Waals surface area contributed by atoms with Crippen LogP contribution in [0.3, 0.4) is 0 Å². The van der Waals surface area contributed by atoms with Crippen molar-refractivity contribution in [2.45, 2.75) is 6.42 Å². The van der Waals surface area contributed by atoms with Gasteiger partial charge in [-0.3, -0.25) is 4.79 Å².